The van der Waals surface area contributed by atoms with Crippen molar-refractivity contribution < 1.29 is 55.3 Å². The van der Waals surface area contributed by atoms with E-state index in [9.17, 15) is 29.4 Å². The molecule has 5 N–H and O–H groups in total. The second-order valence-corrected chi connectivity index (χ2v) is 8.32. The van der Waals surface area contributed by atoms with Gasteiger partial charge in [0.2, 0.25) is 17.7 Å². The molecule has 0 heterocycles. The smallest absolute Gasteiger partial charge is 0.243 e. The van der Waals surface area contributed by atoms with E-state index < -0.39 is 47.9 Å². The number of nitrogens with one attached hydrogen (secondary N) is 3. The summed E-state index contributed by atoms with van der Waals surface area (Å²) < 4.78 is 0. The van der Waals surface area contributed by atoms with E-state index >= 15 is 0 Å². The minimum absolute atomic E-state index is 0. The van der Waals surface area contributed by atoms with Crippen LogP contribution in [0.5, 0.6) is 5.75 Å². The van der Waals surface area contributed by atoms with Crippen molar-refractivity contribution in [3.05, 3.63) is 65.7 Å². The third kappa shape index (κ3) is 11.3. The van der Waals surface area contributed by atoms with Gasteiger partial charge in [-0.15, -0.1) is 5.75 Å². The maximum absolute atomic E-state index is 12.8. The normalized spacial score (nSPS) is 13.4. The monoisotopic (exact) mass is 702 g/mol. The predicted molar refractivity (Wildman–Crippen MR) is 127 cm³/mol. The van der Waals surface area contributed by atoms with Gasteiger partial charge in [-0.3, -0.25) is 14.4 Å². The topological polar surface area (TPSA) is 205 Å². The number of carbonyl (C=O) groups excluding carboxylic acids is 4. The molecule has 0 bridgehead atoms. The Balaban J connectivity index is 0.00000648. The first-order valence-corrected chi connectivity index (χ1v) is 11.4. The predicted octanol–water partition coefficient (Wildman–Crippen LogP) is -2.48. The van der Waals surface area contributed by atoms with E-state index in [1.807, 2.05) is 0 Å². The maximum atomic E-state index is 12.8. The standard InChI is InChI=1S/C24H30N4O6S.O.Re/c1-14(26-22(31)18(25)11-16-7-9-17(29)10-8-16)21(30)27-19(12-15-5-3-2-4-6-15)23(32)28-20(13-35)24(33)34;;/h2-10,14,18-20,29,35H,11-13,25H2,1H3,(H,26,31)(H,27,30)(H,28,32)(H,33,34);;/q;-2;/p-3/t14-,18-,19-,20-;;/m0../s1. The molecule has 4 atom stereocenters. The van der Waals surface area contributed by atoms with E-state index in [1.54, 1.807) is 42.5 Å². The summed E-state index contributed by atoms with van der Waals surface area (Å²) in [4.78, 5) is 49.1. The fourth-order valence-electron chi connectivity index (χ4n) is 3.15. The first-order valence-electron chi connectivity index (χ1n) is 10.9. The third-order valence-corrected chi connectivity index (χ3v) is 5.48. The summed E-state index contributed by atoms with van der Waals surface area (Å²) in [5.74, 6) is -4.00. The van der Waals surface area contributed by atoms with Crippen molar-refractivity contribution in [1.82, 2.24) is 16.0 Å². The van der Waals surface area contributed by atoms with Crippen LogP contribution in [-0.2, 0) is 70.5 Å². The first-order chi connectivity index (χ1) is 16.6. The molecule has 13 heteroatoms. The Hall–Kier alpha value is -2.95. The van der Waals surface area contributed by atoms with Gasteiger partial charge in [-0.1, -0.05) is 54.6 Å². The molecular weight excluding hydrogens is 675 g/mol. The van der Waals surface area contributed by atoms with Crippen molar-refractivity contribution in [1.29, 1.82) is 0 Å². The molecule has 0 unspecified atom stereocenters. The Morgan fingerprint density at radius 2 is 1.38 bits per heavy atom. The quantitative estimate of drug-likeness (QED) is 0.174. The Morgan fingerprint density at radius 1 is 0.838 bits per heavy atom. The van der Waals surface area contributed by atoms with Gasteiger partial charge in [0.25, 0.3) is 0 Å². The number of aliphatic carboxylic acids is 1. The zero-order valence-corrected chi connectivity index (χ0v) is 23.4. The summed E-state index contributed by atoms with van der Waals surface area (Å²) in [7, 11) is 0. The van der Waals surface area contributed by atoms with E-state index in [0.717, 1.165) is 5.56 Å². The second kappa shape index (κ2) is 16.7. The molecule has 37 heavy (non-hydrogen) atoms. The van der Waals surface area contributed by atoms with E-state index in [2.05, 4.69) is 16.0 Å². The molecule has 0 saturated carbocycles. The average Bonchev–Trinajstić information content (AvgIpc) is 2.83. The molecule has 1 radical (unpaired) electrons. The van der Waals surface area contributed by atoms with Crippen molar-refractivity contribution in [2.45, 2.75) is 43.9 Å². The minimum Gasteiger partial charge on any atom is -2.00 e. The summed E-state index contributed by atoms with van der Waals surface area (Å²) in [5, 5.41) is 29.7. The van der Waals surface area contributed by atoms with Gasteiger partial charge in [0, 0.05) is 32.9 Å². The van der Waals surface area contributed by atoms with E-state index in [4.69, 9.17) is 18.4 Å². The number of carboxylic acid groups (broad SMARTS) is 1. The van der Waals surface area contributed by atoms with Crippen LogP contribution in [0, 0.1) is 0 Å². The Morgan fingerprint density at radius 3 is 1.92 bits per heavy atom. The Labute approximate surface area is 234 Å². The van der Waals surface area contributed by atoms with E-state index in [-0.39, 0.29) is 50.2 Å². The fourth-order valence-corrected chi connectivity index (χ4v) is 3.37. The number of hydrogen-bond donors (Lipinski definition) is 4. The van der Waals surface area contributed by atoms with Crippen molar-refractivity contribution in [3.8, 4) is 5.75 Å². The molecule has 11 nitrogen and oxygen atoms in total. The van der Waals surface area contributed by atoms with Crippen LogP contribution in [0.2, 0.25) is 0 Å². The summed E-state index contributed by atoms with van der Waals surface area (Å²) in [5.41, 5.74) is 7.34. The SMILES string of the molecule is C[C@H](NC(=O)[C@@H](N)Cc1ccc([O-])cc1)C(=O)N[C@@H](Cc1ccccc1)C(=O)N[C@@H](C[S-])C(=O)[O-].[O-2].[Re]. The van der Waals surface area contributed by atoms with Crippen molar-refractivity contribution in [2.75, 3.05) is 5.75 Å². The van der Waals surface area contributed by atoms with Gasteiger partial charge in [0.1, 0.15) is 12.1 Å². The molecular formula is C24H27N4O7ReS-5. The molecule has 0 aliphatic carbocycles. The molecule has 0 aliphatic rings. The van der Waals surface area contributed by atoms with Crippen LogP contribution < -0.4 is 31.9 Å². The fraction of sp³-hybridized carbons (Fsp3) is 0.333. The number of carbonyl (C=O) groups is 4. The molecule has 2 rings (SSSR count). The first kappa shape index (κ1) is 34.1. The number of carboxylic acids is 1. The van der Waals surface area contributed by atoms with Gasteiger partial charge >= 0.3 is 0 Å². The Kier molecular flexibility index (Phi) is 15.4. The van der Waals surface area contributed by atoms with Crippen LogP contribution >= 0.6 is 0 Å². The van der Waals surface area contributed by atoms with Gasteiger partial charge in [0.05, 0.1) is 12.0 Å². The summed E-state index contributed by atoms with van der Waals surface area (Å²) >= 11 is 4.74. The van der Waals surface area contributed by atoms with Crippen LogP contribution in [0.25, 0.3) is 0 Å². The van der Waals surface area contributed by atoms with Gasteiger partial charge in [-0.05, 0) is 24.5 Å². The van der Waals surface area contributed by atoms with E-state index in [0.29, 0.717) is 5.56 Å². The number of hydrogen-bond acceptors (Lipinski definition) is 8. The second-order valence-electron chi connectivity index (χ2n) is 7.98. The number of rotatable bonds is 12. The summed E-state index contributed by atoms with van der Waals surface area (Å²) in [6.07, 6.45) is 0.233. The molecule has 203 valence electrons. The number of benzene rings is 2. The third-order valence-electron chi connectivity index (χ3n) is 5.15. The largest absolute Gasteiger partial charge is 2.00 e. The van der Waals surface area contributed by atoms with Crippen LogP contribution in [0.4, 0.5) is 0 Å². The van der Waals surface area contributed by atoms with Gasteiger partial charge in [-0.25, -0.2) is 0 Å². The molecule has 0 saturated heterocycles. The maximum Gasteiger partial charge on any atom is 0.243 e. The minimum atomic E-state index is -1.53. The average molecular weight is 702 g/mol. The van der Waals surface area contributed by atoms with Crippen molar-refractivity contribution >= 4 is 36.3 Å². The molecule has 0 fully saturated rings. The van der Waals surface area contributed by atoms with E-state index in [1.165, 1.54) is 19.1 Å². The molecule has 2 aromatic carbocycles. The van der Waals surface area contributed by atoms with Crippen LogP contribution in [0.3, 0.4) is 0 Å². The van der Waals surface area contributed by atoms with Crippen LogP contribution in [-0.4, -0.2) is 53.6 Å². The molecule has 3 amide bonds. The van der Waals surface area contributed by atoms with Gasteiger partial charge in [0.15, 0.2) is 0 Å². The van der Waals surface area contributed by atoms with Crippen molar-refractivity contribution in [3.63, 3.8) is 0 Å². The van der Waals surface area contributed by atoms with Crippen molar-refractivity contribution in [2.24, 2.45) is 5.73 Å². The summed E-state index contributed by atoms with van der Waals surface area (Å²) in [6.45, 7) is 1.43. The van der Waals surface area contributed by atoms with Crippen LogP contribution in [0.1, 0.15) is 18.1 Å². The molecule has 0 aliphatic heterocycles. The molecule has 0 spiro atoms. The molecule has 2 aromatic rings. The summed E-state index contributed by atoms with van der Waals surface area (Å²) in [6, 6.07) is 10.1. The number of amides is 3. The Bertz CT molecular complexity index is 1030. The number of nitrogens with two attached hydrogens (primary N) is 1. The van der Waals surface area contributed by atoms with Gasteiger partial charge < -0.3 is 54.8 Å². The molecule has 0 aromatic heterocycles. The zero-order chi connectivity index (χ0) is 26.0. The van der Waals surface area contributed by atoms with Crippen LogP contribution in [0.15, 0.2) is 54.6 Å². The van der Waals surface area contributed by atoms with Gasteiger partial charge in [-0.2, -0.15) is 5.75 Å². The zero-order valence-electron chi connectivity index (χ0n) is 19.8.